The maximum atomic E-state index is 11.8. The lowest BCUT2D eigenvalue weighted by Crippen LogP contribution is -2.34. The number of nitrogens with zero attached hydrogens (tertiary/aromatic N) is 3. The van der Waals surface area contributed by atoms with Gasteiger partial charge in [0.05, 0.1) is 12.3 Å². The zero-order valence-corrected chi connectivity index (χ0v) is 14.5. The number of methoxy groups -OCH3 is 1. The van der Waals surface area contributed by atoms with Gasteiger partial charge in [0.2, 0.25) is 11.7 Å². The van der Waals surface area contributed by atoms with E-state index in [9.17, 15) is 4.79 Å². The van der Waals surface area contributed by atoms with Gasteiger partial charge in [-0.1, -0.05) is 5.16 Å². The lowest BCUT2D eigenvalue weighted by atomic mass is 10.2. The molecule has 8 heteroatoms. The van der Waals surface area contributed by atoms with Crippen LogP contribution in [0, 0.1) is 0 Å². The van der Waals surface area contributed by atoms with Crippen LogP contribution in [0.15, 0.2) is 22.9 Å². The molecule has 2 heterocycles. The first-order valence-electron chi connectivity index (χ1n) is 7.56. The number of pyridine rings is 1. The predicted octanol–water partition coefficient (Wildman–Crippen LogP) is 2.86. The summed E-state index contributed by atoms with van der Waals surface area (Å²) >= 11 is 0. The van der Waals surface area contributed by atoms with Crippen molar-refractivity contribution in [2.75, 3.05) is 7.11 Å². The second kappa shape index (κ2) is 7.39. The van der Waals surface area contributed by atoms with E-state index in [2.05, 4.69) is 20.4 Å². The summed E-state index contributed by atoms with van der Waals surface area (Å²) in [5.74, 6) is 0.712. The van der Waals surface area contributed by atoms with E-state index in [0.29, 0.717) is 18.3 Å². The number of ether oxygens (including phenoxy) is 2. The molecule has 1 amide bonds. The van der Waals surface area contributed by atoms with E-state index < -0.39 is 17.7 Å². The number of aromatic nitrogens is 3. The predicted molar refractivity (Wildman–Crippen MR) is 86.0 cm³/mol. The van der Waals surface area contributed by atoms with Gasteiger partial charge in [0.1, 0.15) is 11.6 Å². The molecule has 0 spiro atoms. The molecule has 2 aromatic rings. The third-order valence-electron chi connectivity index (χ3n) is 2.91. The van der Waals surface area contributed by atoms with Crippen LogP contribution in [0.5, 0.6) is 0 Å². The van der Waals surface area contributed by atoms with Gasteiger partial charge in [0, 0.05) is 18.9 Å². The molecular formula is C16H22N4O4. The summed E-state index contributed by atoms with van der Waals surface area (Å²) in [5.41, 5.74) is 0.955. The van der Waals surface area contributed by atoms with Crippen LogP contribution in [-0.4, -0.2) is 33.9 Å². The van der Waals surface area contributed by atoms with Crippen molar-refractivity contribution in [3.05, 3.63) is 29.9 Å². The van der Waals surface area contributed by atoms with Crippen LogP contribution in [0.2, 0.25) is 0 Å². The molecule has 1 atom stereocenters. The second-order valence-corrected chi connectivity index (χ2v) is 6.29. The first-order valence-corrected chi connectivity index (χ1v) is 7.56. The smallest absolute Gasteiger partial charge is 0.408 e. The summed E-state index contributed by atoms with van der Waals surface area (Å²) in [6.07, 6.45) is 1.11. The molecule has 1 N–H and O–H groups in total. The molecule has 8 nitrogen and oxygen atoms in total. The molecule has 0 unspecified atom stereocenters. The maximum absolute atomic E-state index is 11.8. The van der Waals surface area contributed by atoms with Crippen molar-refractivity contribution in [2.45, 2.75) is 45.9 Å². The Kier molecular flexibility index (Phi) is 5.50. The van der Waals surface area contributed by atoms with E-state index in [-0.39, 0.29) is 0 Å². The maximum Gasteiger partial charge on any atom is 0.408 e. The minimum Gasteiger partial charge on any atom is -0.444 e. The zero-order chi connectivity index (χ0) is 17.7. The summed E-state index contributed by atoms with van der Waals surface area (Å²) in [6, 6.07) is 3.13. The Morgan fingerprint density at radius 1 is 1.42 bits per heavy atom. The van der Waals surface area contributed by atoms with Crippen LogP contribution in [0.1, 0.15) is 45.3 Å². The highest BCUT2D eigenvalue weighted by Crippen LogP contribution is 2.19. The molecule has 2 aromatic heterocycles. The van der Waals surface area contributed by atoms with Gasteiger partial charge in [0.15, 0.2) is 0 Å². The van der Waals surface area contributed by atoms with Crippen molar-refractivity contribution >= 4 is 6.09 Å². The quantitative estimate of drug-likeness (QED) is 0.897. The molecule has 0 aliphatic rings. The van der Waals surface area contributed by atoms with Crippen LogP contribution >= 0.6 is 0 Å². The Balaban J connectivity index is 2.07. The van der Waals surface area contributed by atoms with Crippen molar-refractivity contribution in [2.24, 2.45) is 0 Å². The molecule has 0 radical (unpaired) electrons. The molecule has 2 rings (SSSR count). The first kappa shape index (κ1) is 17.9. The fourth-order valence-electron chi connectivity index (χ4n) is 1.92. The van der Waals surface area contributed by atoms with Crippen LogP contribution in [0.4, 0.5) is 4.79 Å². The second-order valence-electron chi connectivity index (χ2n) is 6.29. The topological polar surface area (TPSA) is 99.4 Å². The summed E-state index contributed by atoms with van der Waals surface area (Å²) < 4.78 is 15.5. The number of carbonyl (C=O) groups excluding carboxylic acids is 1. The fourth-order valence-corrected chi connectivity index (χ4v) is 1.92. The van der Waals surface area contributed by atoms with Crippen LogP contribution < -0.4 is 5.32 Å². The number of nitrogens with one attached hydrogen (secondary N) is 1. The van der Waals surface area contributed by atoms with Gasteiger partial charge in [-0.05, 0) is 39.8 Å². The van der Waals surface area contributed by atoms with E-state index in [4.69, 9.17) is 14.0 Å². The standard InChI is InChI=1S/C16H22N4O4/c1-10(18-15(21)23-16(2,3)4)14-19-13(20-24-14)11-6-7-17-12(8-11)9-22-5/h6-8,10H,9H2,1-5H3,(H,18,21)/t10-/m0/s1. The summed E-state index contributed by atoms with van der Waals surface area (Å²) in [5, 5.41) is 6.60. The van der Waals surface area contributed by atoms with Crippen molar-refractivity contribution in [3.8, 4) is 11.4 Å². The van der Waals surface area contributed by atoms with Gasteiger partial charge in [-0.15, -0.1) is 0 Å². The van der Waals surface area contributed by atoms with Crippen molar-refractivity contribution in [1.82, 2.24) is 20.4 Å². The van der Waals surface area contributed by atoms with Crippen molar-refractivity contribution in [3.63, 3.8) is 0 Å². The first-order chi connectivity index (χ1) is 11.3. The molecule has 24 heavy (non-hydrogen) atoms. The molecule has 0 aliphatic carbocycles. The van der Waals surface area contributed by atoms with Gasteiger partial charge in [-0.3, -0.25) is 4.98 Å². The zero-order valence-electron chi connectivity index (χ0n) is 14.5. The van der Waals surface area contributed by atoms with E-state index in [1.54, 1.807) is 47.1 Å². The van der Waals surface area contributed by atoms with Gasteiger partial charge in [-0.25, -0.2) is 4.79 Å². The van der Waals surface area contributed by atoms with E-state index in [0.717, 1.165) is 11.3 Å². The van der Waals surface area contributed by atoms with Gasteiger partial charge in [-0.2, -0.15) is 4.98 Å². The number of alkyl carbamates (subject to hydrolysis) is 1. The van der Waals surface area contributed by atoms with E-state index in [1.165, 1.54) is 0 Å². The molecule has 0 fully saturated rings. The molecule has 130 valence electrons. The normalized spacial score (nSPS) is 12.7. The highest BCUT2D eigenvalue weighted by atomic mass is 16.6. The number of rotatable bonds is 5. The van der Waals surface area contributed by atoms with Crippen LogP contribution in [0.25, 0.3) is 11.4 Å². The molecule has 0 aliphatic heterocycles. The molecule has 0 bridgehead atoms. The Labute approximate surface area is 140 Å². The monoisotopic (exact) mass is 334 g/mol. The number of hydrogen-bond donors (Lipinski definition) is 1. The van der Waals surface area contributed by atoms with Crippen molar-refractivity contribution in [1.29, 1.82) is 0 Å². The minimum atomic E-state index is -0.571. The minimum absolute atomic E-state index is 0.293. The fraction of sp³-hybridized carbons (Fsp3) is 0.500. The van der Waals surface area contributed by atoms with Gasteiger partial charge in [0.25, 0.3) is 0 Å². The van der Waals surface area contributed by atoms with Crippen LogP contribution in [-0.2, 0) is 16.1 Å². The van der Waals surface area contributed by atoms with Crippen molar-refractivity contribution < 1.29 is 18.8 Å². The largest absolute Gasteiger partial charge is 0.444 e. The Morgan fingerprint density at radius 3 is 2.83 bits per heavy atom. The summed E-state index contributed by atoms with van der Waals surface area (Å²) in [6.45, 7) is 7.52. The summed E-state index contributed by atoms with van der Waals surface area (Å²) in [4.78, 5) is 20.3. The third kappa shape index (κ3) is 5.02. The Morgan fingerprint density at radius 2 is 2.17 bits per heavy atom. The number of amides is 1. The third-order valence-corrected chi connectivity index (χ3v) is 2.91. The SMILES string of the molecule is COCc1cc(-c2noc([C@H](C)NC(=O)OC(C)(C)C)n2)ccn1. The number of hydrogen-bond acceptors (Lipinski definition) is 7. The Bertz CT molecular complexity index is 693. The lowest BCUT2D eigenvalue weighted by Gasteiger charge is -2.20. The van der Waals surface area contributed by atoms with Gasteiger partial charge < -0.3 is 19.3 Å². The average molecular weight is 334 g/mol. The molecule has 0 saturated carbocycles. The number of carbonyl (C=O) groups is 1. The molecule has 0 saturated heterocycles. The van der Waals surface area contributed by atoms with E-state index in [1.807, 2.05) is 6.07 Å². The average Bonchev–Trinajstić information content (AvgIpc) is 2.95. The lowest BCUT2D eigenvalue weighted by molar-refractivity contribution is 0.0499. The summed E-state index contributed by atoms with van der Waals surface area (Å²) in [7, 11) is 1.60. The van der Waals surface area contributed by atoms with Crippen LogP contribution in [0.3, 0.4) is 0 Å². The highest BCUT2D eigenvalue weighted by molar-refractivity contribution is 5.68. The Hall–Kier alpha value is -2.48. The van der Waals surface area contributed by atoms with E-state index >= 15 is 0 Å². The highest BCUT2D eigenvalue weighted by Gasteiger charge is 2.21. The molecule has 0 aromatic carbocycles. The van der Waals surface area contributed by atoms with Gasteiger partial charge >= 0.3 is 6.09 Å². The molecular weight excluding hydrogens is 312 g/mol.